The Morgan fingerprint density at radius 3 is 2.73 bits per heavy atom. The molecular formula is C17H19ClN2O2. The molecule has 1 aromatic heterocycles. The summed E-state index contributed by atoms with van der Waals surface area (Å²) in [7, 11) is 0. The standard InChI is InChI=1S/C17H19ClN2O2/c1-13(14-8-10-19-11-9-14)20-17(21)7-4-12-22-16-6-3-2-5-15(16)18/h2-3,5-6,8-11,13H,4,7,12H2,1H3,(H,20,21)/t13-/m1/s1. The van der Waals surface area contributed by atoms with Crippen molar-refractivity contribution in [3.8, 4) is 5.75 Å². The minimum atomic E-state index is -0.0278. The fraction of sp³-hybridized carbons (Fsp3) is 0.294. The van der Waals surface area contributed by atoms with Crippen LogP contribution in [0.1, 0.15) is 31.4 Å². The lowest BCUT2D eigenvalue weighted by atomic mass is 10.1. The summed E-state index contributed by atoms with van der Waals surface area (Å²) in [5.74, 6) is 0.654. The van der Waals surface area contributed by atoms with Crippen molar-refractivity contribution in [1.82, 2.24) is 10.3 Å². The topological polar surface area (TPSA) is 51.2 Å². The summed E-state index contributed by atoms with van der Waals surface area (Å²) in [6, 6.07) is 11.1. The Labute approximate surface area is 135 Å². The van der Waals surface area contributed by atoms with E-state index in [0.29, 0.717) is 30.2 Å². The number of halogens is 1. The maximum Gasteiger partial charge on any atom is 0.220 e. The quantitative estimate of drug-likeness (QED) is 0.791. The van der Waals surface area contributed by atoms with Gasteiger partial charge >= 0.3 is 0 Å². The van der Waals surface area contributed by atoms with Crippen LogP contribution in [0.25, 0.3) is 0 Å². The highest BCUT2D eigenvalue weighted by Crippen LogP contribution is 2.23. The maximum absolute atomic E-state index is 11.9. The van der Waals surface area contributed by atoms with E-state index in [0.717, 1.165) is 5.56 Å². The third kappa shape index (κ3) is 5.04. The van der Waals surface area contributed by atoms with Crippen LogP contribution in [0.5, 0.6) is 5.75 Å². The highest BCUT2D eigenvalue weighted by atomic mass is 35.5. The number of rotatable bonds is 7. The van der Waals surface area contributed by atoms with E-state index < -0.39 is 0 Å². The molecule has 0 saturated carbocycles. The number of carbonyl (C=O) groups excluding carboxylic acids is 1. The Morgan fingerprint density at radius 2 is 2.00 bits per heavy atom. The zero-order chi connectivity index (χ0) is 15.8. The van der Waals surface area contributed by atoms with Crippen molar-refractivity contribution in [2.75, 3.05) is 6.61 Å². The lowest BCUT2D eigenvalue weighted by Gasteiger charge is -2.14. The number of pyridine rings is 1. The van der Waals surface area contributed by atoms with Crippen molar-refractivity contribution in [2.45, 2.75) is 25.8 Å². The van der Waals surface area contributed by atoms with E-state index in [2.05, 4.69) is 10.3 Å². The molecule has 2 aromatic rings. The molecule has 0 radical (unpaired) electrons. The van der Waals surface area contributed by atoms with Gasteiger partial charge in [0.05, 0.1) is 17.7 Å². The van der Waals surface area contributed by atoms with E-state index in [4.69, 9.17) is 16.3 Å². The lowest BCUT2D eigenvalue weighted by Crippen LogP contribution is -2.26. The Morgan fingerprint density at radius 1 is 1.27 bits per heavy atom. The van der Waals surface area contributed by atoms with Crippen LogP contribution in [0.15, 0.2) is 48.8 Å². The van der Waals surface area contributed by atoms with Crippen molar-refractivity contribution in [2.24, 2.45) is 0 Å². The van der Waals surface area contributed by atoms with Crippen molar-refractivity contribution < 1.29 is 9.53 Å². The van der Waals surface area contributed by atoms with Gasteiger partial charge in [0.1, 0.15) is 5.75 Å². The summed E-state index contributed by atoms with van der Waals surface area (Å²) in [6.45, 7) is 2.41. The number of carbonyl (C=O) groups is 1. The molecule has 0 aliphatic heterocycles. The molecule has 1 atom stereocenters. The summed E-state index contributed by atoms with van der Waals surface area (Å²) in [5, 5.41) is 3.54. The third-order valence-corrected chi connectivity index (χ3v) is 3.54. The molecule has 1 aromatic carbocycles. The summed E-state index contributed by atoms with van der Waals surface area (Å²) in [6.07, 6.45) is 4.49. The van der Waals surface area contributed by atoms with Gasteiger partial charge < -0.3 is 10.1 Å². The van der Waals surface area contributed by atoms with Crippen molar-refractivity contribution in [3.63, 3.8) is 0 Å². The van der Waals surface area contributed by atoms with Crippen molar-refractivity contribution in [3.05, 3.63) is 59.4 Å². The van der Waals surface area contributed by atoms with E-state index in [1.165, 1.54) is 0 Å². The molecule has 2 rings (SSSR count). The number of nitrogens with one attached hydrogen (secondary N) is 1. The molecule has 22 heavy (non-hydrogen) atoms. The van der Waals surface area contributed by atoms with Gasteiger partial charge in [0.15, 0.2) is 0 Å². The number of ether oxygens (including phenoxy) is 1. The minimum absolute atomic E-state index is 0.00655. The van der Waals surface area contributed by atoms with Crippen LogP contribution < -0.4 is 10.1 Å². The average molecular weight is 319 g/mol. The second-order valence-corrected chi connectivity index (χ2v) is 5.36. The van der Waals surface area contributed by atoms with Crippen LogP contribution in [-0.2, 0) is 4.79 Å². The molecule has 0 fully saturated rings. The smallest absolute Gasteiger partial charge is 0.220 e. The fourth-order valence-corrected chi connectivity index (χ4v) is 2.22. The molecule has 1 amide bonds. The molecule has 1 N–H and O–H groups in total. The van der Waals surface area contributed by atoms with Gasteiger partial charge in [-0.2, -0.15) is 0 Å². The number of hydrogen-bond donors (Lipinski definition) is 1. The average Bonchev–Trinajstić information content (AvgIpc) is 2.54. The largest absolute Gasteiger partial charge is 0.492 e. The van der Waals surface area contributed by atoms with E-state index in [-0.39, 0.29) is 11.9 Å². The van der Waals surface area contributed by atoms with Crippen LogP contribution in [0.4, 0.5) is 0 Å². The van der Waals surface area contributed by atoms with Gasteiger partial charge in [-0.15, -0.1) is 0 Å². The molecule has 0 bridgehead atoms. The second-order valence-electron chi connectivity index (χ2n) is 4.95. The lowest BCUT2D eigenvalue weighted by molar-refractivity contribution is -0.121. The predicted octanol–water partition coefficient (Wildman–Crippen LogP) is 3.77. The van der Waals surface area contributed by atoms with E-state index in [1.54, 1.807) is 18.5 Å². The zero-order valence-electron chi connectivity index (χ0n) is 12.5. The van der Waals surface area contributed by atoms with Gasteiger partial charge in [0, 0.05) is 18.8 Å². The monoisotopic (exact) mass is 318 g/mol. The molecule has 0 aliphatic carbocycles. The second kappa shape index (κ2) is 8.39. The molecule has 0 saturated heterocycles. The SMILES string of the molecule is C[C@@H](NC(=O)CCCOc1ccccc1Cl)c1ccncc1. The molecule has 5 heteroatoms. The number of hydrogen-bond acceptors (Lipinski definition) is 3. The molecule has 0 unspecified atom stereocenters. The van der Waals surface area contributed by atoms with Gasteiger partial charge in [0.2, 0.25) is 5.91 Å². The Balaban J connectivity index is 1.69. The van der Waals surface area contributed by atoms with Crippen molar-refractivity contribution >= 4 is 17.5 Å². The Bertz CT molecular complexity index is 605. The molecule has 0 aliphatic rings. The molecule has 0 spiro atoms. The van der Waals surface area contributed by atoms with Gasteiger partial charge in [-0.25, -0.2) is 0 Å². The van der Waals surface area contributed by atoms with E-state index in [9.17, 15) is 4.79 Å². The van der Waals surface area contributed by atoms with Crippen LogP contribution in [-0.4, -0.2) is 17.5 Å². The highest BCUT2D eigenvalue weighted by Gasteiger charge is 2.09. The first-order valence-corrected chi connectivity index (χ1v) is 7.61. The normalized spacial score (nSPS) is 11.7. The summed E-state index contributed by atoms with van der Waals surface area (Å²) in [5.41, 5.74) is 1.04. The summed E-state index contributed by atoms with van der Waals surface area (Å²) < 4.78 is 5.56. The predicted molar refractivity (Wildman–Crippen MR) is 87.0 cm³/mol. The number of benzene rings is 1. The van der Waals surface area contributed by atoms with Gasteiger partial charge in [-0.1, -0.05) is 23.7 Å². The van der Waals surface area contributed by atoms with Crippen LogP contribution in [0, 0.1) is 0 Å². The minimum Gasteiger partial charge on any atom is -0.492 e. The number of para-hydroxylation sites is 1. The molecule has 1 heterocycles. The van der Waals surface area contributed by atoms with Crippen LogP contribution >= 0.6 is 11.6 Å². The number of aromatic nitrogens is 1. The highest BCUT2D eigenvalue weighted by molar-refractivity contribution is 6.32. The Kier molecular flexibility index (Phi) is 6.22. The van der Waals surface area contributed by atoms with Crippen LogP contribution in [0.3, 0.4) is 0 Å². The van der Waals surface area contributed by atoms with Gasteiger partial charge in [0.25, 0.3) is 0 Å². The first-order chi connectivity index (χ1) is 10.7. The van der Waals surface area contributed by atoms with E-state index in [1.807, 2.05) is 37.3 Å². The molecular weight excluding hydrogens is 300 g/mol. The first-order valence-electron chi connectivity index (χ1n) is 7.23. The maximum atomic E-state index is 11.9. The van der Waals surface area contributed by atoms with Gasteiger partial charge in [-0.3, -0.25) is 9.78 Å². The van der Waals surface area contributed by atoms with Crippen molar-refractivity contribution in [1.29, 1.82) is 0 Å². The Hall–Kier alpha value is -2.07. The van der Waals surface area contributed by atoms with Gasteiger partial charge in [-0.05, 0) is 43.2 Å². The zero-order valence-corrected chi connectivity index (χ0v) is 13.2. The fourth-order valence-electron chi connectivity index (χ4n) is 2.03. The molecule has 116 valence electrons. The summed E-state index contributed by atoms with van der Waals surface area (Å²) >= 11 is 5.99. The molecule has 4 nitrogen and oxygen atoms in total. The third-order valence-electron chi connectivity index (χ3n) is 3.23. The first kappa shape index (κ1) is 16.3. The van der Waals surface area contributed by atoms with Crippen LogP contribution in [0.2, 0.25) is 5.02 Å². The van der Waals surface area contributed by atoms with E-state index >= 15 is 0 Å². The number of amides is 1. The number of nitrogens with zero attached hydrogens (tertiary/aromatic N) is 1. The summed E-state index contributed by atoms with van der Waals surface area (Å²) in [4.78, 5) is 15.9.